The van der Waals surface area contributed by atoms with Crippen LogP contribution in [-0.4, -0.2) is 60.2 Å². The van der Waals surface area contributed by atoms with Gasteiger partial charge >= 0.3 is 0 Å². The zero-order chi connectivity index (χ0) is 13.6. The van der Waals surface area contributed by atoms with Crippen LogP contribution in [0, 0.1) is 0 Å². The molecule has 9 nitrogen and oxygen atoms in total. The van der Waals surface area contributed by atoms with E-state index in [0.29, 0.717) is 0 Å². The predicted octanol–water partition coefficient (Wildman–Crippen LogP) is -2.20. The standard InChI is InChI=1S/C10H12N4O5/c15-1-3-5(16)6(17)7(19-3)9-13-4-8(14-9)11-2-12-10(4)18/h2-3,5-7,15-17H,1H2,(H2,11,12,13,14,18). The number of aromatic amines is 2. The number of hydrogen-bond donors (Lipinski definition) is 5. The van der Waals surface area contributed by atoms with Crippen molar-refractivity contribution in [2.45, 2.75) is 24.4 Å². The van der Waals surface area contributed by atoms with Gasteiger partial charge in [0.05, 0.1) is 12.9 Å². The number of aliphatic hydroxyl groups excluding tert-OH is 3. The SMILES string of the molecule is O=c1[nH]cnc2nc(C3OC(CO)C(O)C3O)[nH]c12. The van der Waals surface area contributed by atoms with E-state index >= 15 is 0 Å². The van der Waals surface area contributed by atoms with Crippen molar-refractivity contribution in [1.82, 2.24) is 19.9 Å². The van der Waals surface area contributed by atoms with Crippen LogP contribution in [0.4, 0.5) is 0 Å². The summed E-state index contributed by atoms with van der Waals surface area (Å²) in [5.41, 5.74) is -0.0396. The molecule has 1 fully saturated rings. The minimum absolute atomic E-state index is 0.162. The van der Waals surface area contributed by atoms with E-state index in [4.69, 9.17) is 9.84 Å². The van der Waals surface area contributed by atoms with E-state index in [9.17, 15) is 15.0 Å². The van der Waals surface area contributed by atoms with Gasteiger partial charge < -0.3 is 30.0 Å². The third kappa shape index (κ3) is 1.83. The molecule has 4 atom stereocenters. The van der Waals surface area contributed by atoms with Crippen LogP contribution in [0.5, 0.6) is 0 Å². The number of nitrogens with zero attached hydrogens (tertiary/aromatic N) is 2. The van der Waals surface area contributed by atoms with E-state index in [2.05, 4.69) is 19.9 Å². The quantitative estimate of drug-likeness (QED) is 0.415. The molecule has 1 aliphatic heterocycles. The average molecular weight is 268 g/mol. The maximum absolute atomic E-state index is 11.5. The van der Waals surface area contributed by atoms with Crippen molar-refractivity contribution >= 4 is 11.2 Å². The first kappa shape index (κ1) is 12.2. The molecule has 3 heterocycles. The fourth-order valence-electron chi connectivity index (χ4n) is 2.12. The van der Waals surface area contributed by atoms with E-state index < -0.39 is 36.6 Å². The average Bonchev–Trinajstić information content (AvgIpc) is 2.94. The second-order valence-corrected chi connectivity index (χ2v) is 4.31. The molecule has 2 aromatic heterocycles. The number of aromatic nitrogens is 4. The van der Waals surface area contributed by atoms with Gasteiger partial charge in [0.15, 0.2) is 11.2 Å². The summed E-state index contributed by atoms with van der Waals surface area (Å²) < 4.78 is 5.31. The number of rotatable bonds is 2. The zero-order valence-electron chi connectivity index (χ0n) is 9.65. The summed E-state index contributed by atoms with van der Waals surface area (Å²) in [5.74, 6) is 0.182. The molecule has 19 heavy (non-hydrogen) atoms. The Morgan fingerprint density at radius 3 is 2.79 bits per heavy atom. The van der Waals surface area contributed by atoms with Gasteiger partial charge in [0, 0.05) is 0 Å². The summed E-state index contributed by atoms with van der Waals surface area (Å²) in [6, 6.07) is 0. The second-order valence-electron chi connectivity index (χ2n) is 4.31. The lowest BCUT2D eigenvalue weighted by molar-refractivity contribution is -0.0249. The van der Waals surface area contributed by atoms with Crippen LogP contribution in [0.3, 0.4) is 0 Å². The molecule has 0 bridgehead atoms. The summed E-state index contributed by atoms with van der Waals surface area (Å²) in [6.07, 6.45) is -3.07. The van der Waals surface area contributed by atoms with Crippen LogP contribution in [0.25, 0.3) is 11.2 Å². The third-order valence-corrected chi connectivity index (χ3v) is 3.12. The lowest BCUT2D eigenvalue weighted by Gasteiger charge is -2.11. The lowest BCUT2D eigenvalue weighted by atomic mass is 10.1. The Morgan fingerprint density at radius 1 is 1.37 bits per heavy atom. The molecule has 102 valence electrons. The molecule has 9 heteroatoms. The Bertz CT molecular complexity index is 653. The summed E-state index contributed by atoms with van der Waals surface area (Å²) in [5, 5.41) is 28.5. The monoisotopic (exact) mass is 268 g/mol. The summed E-state index contributed by atoms with van der Waals surface area (Å²) >= 11 is 0. The Labute approximate surface area is 105 Å². The Hall–Kier alpha value is -1.81. The van der Waals surface area contributed by atoms with Gasteiger partial charge in [0.25, 0.3) is 5.56 Å². The van der Waals surface area contributed by atoms with Crippen LogP contribution in [-0.2, 0) is 4.74 Å². The molecule has 4 unspecified atom stereocenters. The van der Waals surface area contributed by atoms with Gasteiger partial charge in [-0.3, -0.25) is 4.79 Å². The van der Waals surface area contributed by atoms with E-state index in [1.807, 2.05) is 0 Å². The van der Waals surface area contributed by atoms with Crippen molar-refractivity contribution < 1.29 is 20.1 Å². The molecule has 0 aromatic carbocycles. The van der Waals surface area contributed by atoms with Crippen LogP contribution in [0.2, 0.25) is 0 Å². The molecule has 0 spiro atoms. The first-order valence-corrected chi connectivity index (χ1v) is 5.67. The number of H-pyrrole nitrogens is 2. The van der Waals surface area contributed by atoms with Gasteiger partial charge in [0.1, 0.15) is 30.2 Å². The van der Waals surface area contributed by atoms with Crippen molar-refractivity contribution in [1.29, 1.82) is 0 Å². The number of fused-ring (bicyclic) bond motifs is 1. The summed E-state index contributed by atoms with van der Waals surface area (Å²) in [6.45, 7) is -0.423. The number of nitrogens with one attached hydrogen (secondary N) is 2. The molecule has 0 radical (unpaired) electrons. The Kier molecular flexibility index (Phi) is 2.82. The highest BCUT2D eigenvalue weighted by molar-refractivity contribution is 5.68. The third-order valence-electron chi connectivity index (χ3n) is 3.12. The second kappa shape index (κ2) is 4.38. The van der Waals surface area contributed by atoms with Gasteiger partial charge in [-0.25, -0.2) is 9.97 Å². The molecule has 2 aromatic rings. The van der Waals surface area contributed by atoms with Crippen LogP contribution in [0.1, 0.15) is 11.9 Å². The van der Waals surface area contributed by atoms with Gasteiger partial charge in [-0.1, -0.05) is 0 Å². The number of ether oxygens (including phenoxy) is 1. The highest BCUT2D eigenvalue weighted by Crippen LogP contribution is 2.32. The van der Waals surface area contributed by atoms with E-state index in [1.165, 1.54) is 6.33 Å². The van der Waals surface area contributed by atoms with Crippen molar-refractivity contribution in [2.75, 3.05) is 6.61 Å². The molecule has 0 amide bonds. The first-order valence-electron chi connectivity index (χ1n) is 5.67. The predicted molar refractivity (Wildman–Crippen MR) is 61.2 cm³/mol. The Balaban J connectivity index is 2.01. The van der Waals surface area contributed by atoms with E-state index in [1.54, 1.807) is 0 Å². The molecule has 0 saturated carbocycles. The van der Waals surface area contributed by atoms with Crippen molar-refractivity contribution in [3.8, 4) is 0 Å². The number of imidazole rings is 1. The highest BCUT2D eigenvalue weighted by Gasteiger charge is 2.44. The molecular formula is C10H12N4O5. The topological polar surface area (TPSA) is 144 Å². The number of aliphatic hydroxyl groups is 3. The van der Waals surface area contributed by atoms with Crippen molar-refractivity contribution in [2.24, 2.45) is 0 Å². The van der Waals surface area contributed by atoms with Gasteiger partial charge in [-0.15, -0.1) is 0 Å². The minimum Gasteiger partial charge on any atom is -0.394 e. The van der Waals surface area contributed by atoms with Crippen molar-refractivity contribution in [3.63, 3.8) is 0 Å². The smallest absolute Gasteiger partial charge is 0.276 e. The normalized spacial score (nSPS) is 31.1. The molecule has 3 rings (SSSR count). The first-order chi connectivity index (χ1) is 9.11. The van der Waals surface area contributed by atoms with Gasteiger partial charge in [-0.2, -0.15) is 0 Å². The van der Waals surface area contributed by atoms with E-state index in [0.717, 1.165) is 0 Å². The zero-order valence-corrected chi connectivity index (χ0v) is 9.65. The lowest BCUT2D eigenvalue weighted by Crippen LogP contribution is -2.32. The van der Waals surface area contributed by atoms with Crippen molar-refractivity contribution in [3.05, 3.63) is 22.5 Å². The van der Waals surface area contributed by atoms with E-state index in [-0.39, 0.29) is 17.0 Å². The molecular weight excluding hydrogens is 256 g/mol. The van der Waals surface area contributed by atoms with Crippen LogP contribution < -0.4 is 5.56 Å². The Morgan fingerprint density at radius 2 is 2.16 bits per heavy atom. The fourth-order valence-corrected chi connectivity index (χ4v) is 2.12. The molecule has 1 saturated heterocycles. The van der Waals surface area contributed by atoms with Gasteiger partial charge in [0.2, 0.25) is 0 Å². The van der Waals surface area contributed by atoms with Crippen LogP contribution >= 0.6 is 0 Å². The summed E-state index contributed by atoms with van der Waals surface area (Å²) in [7, 11) is 0. The maximum Gasteiger partial charge on any atom is 0.276 e. The fraction of sp³-hybridized carbons (Fsp3) is 0.500. The molecule has 5 N–H and O–H groups in total. The molecule has 1 aliphatic rings. The number of hydrogen-bond acceptors (Lipinski definition) is 7. The summed E-state index contributed by atoms with van der Waals surface area (Å²) in [4.78, 5) is 24.5. The van der Waals surface area contributed by atoms with Crippen LogP contribution in [0.15, 0.2) is 11.1 Å². The molecule has 0 aliphatic carbocycles. The maximum atomic E-state index is 11.5. The largest absolute Gasteiger partial charge is 0.394 e. The highest BCUT2D eigenvalue weighted by atomic mass is 16.6. The van der Waals surface area contributed by atoms with Gasteiger partial charge in [-0.05, 0) is 0 Å². The minimum atomic E-state index is -1.24.